The summed E-state index contributed by atoms with van der Waals surface area (Å²) in [7, 11) is 0. The Morgan fingerprint density at radius 1 is 1.15 bits per heavy atom. The highest BCUT2D eigenvalue weighted by molar-refractivity contribution is 6.59. The van der Waals surface area contributed by atoms with E-state index in [9.17, 15) is 9.59 Å². The van der Waals surface area contributed by atoms with Crippen LogP contribution in [0, 0.1) is 11.3 Å². The predicted molar refractivity (Wildman–Crippen MR) is 47.1 cm³/mol. The molecule has 0 fully saturated rings. The molecule has 3 nitrogen and oxygen atoms in total. The second-order valence-electron chi connectivity index (χ2n) is 2.40. The highest BCUT2D eigenvalue weighted by Gasteiger charge is 2.30. The van der Waals surface area contributed by atoms with Gasteiger partial charge in [0.15, 0.2) is 0 Å². The fourth-order valence-electron chi connectivity index (χ4n) is 0.892. The highest BCUT2D eigenvalue weighted by Crippen LogP contribution is 2.28. The van der Waals surface area contributed by atoms with Crippen LogP contribution in [-0.2, 0) is 9.59 Å². The largest absolute Gasteiger partial charge is 0.288 e. The number of carbonyl (C=O) groups is 2. The van der Waals surface area contributed by atoms with Gasteiger partial charge in [0, 0.05) is 5.57 Å². The van der Waals surface area contributed by atoms with Crippen LogP contribution in [0.25, 0.3) is 0 Å². The SMILES string of the molecule is CC1=C(C#N)C(=O)C(Cl)=C(Cl)C1=O. The molecule has 0 aromatic carbocycles. The molecule has 0 atom stereocenters. The first-order chi connectivity index (χ1) is 6.00. The van der Waals surface area contributed by atoms with Crippen molar-refractivity contribution in [2.75, 3.05) is 0 Å². The van der Waals surface area contributed by atoms with Crippen LogP contribution in [-0.4, -0.2) is 11.6 Å². The number of ketones is 2. The first kappa shape index (κ1) is 9.97. The van der Waals surface area contributed by atoms with Gasteiger partial charge in [0.05, 0.1) is 0 Å². The summed E-state index contributed by atoms with van der Waals surface area (Å²) < 4.78 is 0. The van der Waals surface area contributed by atoms with Crippen LogP contribution >= 0.6 is 23.2 Å². The number of nitrogens with zero attached hydrogens (tertiary/aromatic N) is 1. The van der Waals surface area contributed by atoms with Crippen LogP contribution in [0.4, 0.5) is 0 Å². The Bertz CT molecular complexity index is 412. The van der Waals surface area contributed by atoms with Gasteiger partial charge in [-0.15, -0.1) is 0 Å². The number of allylic oxidation sites excluding steroid dienone is 4. The summed E-state index contributed by atoms with van der Waals surface area (Å²) in [6.45, 7) is 1.37. The molecule has 0 spiro atoms. The fraction of sp³-hybridized carbons (Fsp3) is 0.125. The Morgan fingerprint density at radius 2 is 1.62 bits per heavy atom. The first-order valence-electron chi connectivity index (χ1n) is 3.26. The molecule has 1 aliphatic rings. The zero-order valence-corrected chi connectivity index (χ0v) is 8.03. The lowest BCUT2D eigenvalue weighted by Crippen LogP contribution is -2.17. The third-order valence-corrected chi connectivity index (χ3v) is 2.46. The van der Waals surface area contributed by atoms with Crippen molar-refractivity contribution >= 4 is 34.8 Å². The van der Waals surface area contributed by atoms with Crippen molar-refractivity contribution < 1.29 is 9.59 Å². The molecule has 0 N–H and O–H groups in total. The van der Waals surface area contributed by atoms with Crippen LogP contribution in [0.5, 0.6) is 0 Å². The van der Waals surface area contributed by atoms with Crippen molar-refractivity contribution in [3.63, 3.8) is 0 Å². The van der Waals surface area contributed by atoms with Crippen LogP contribution in [0.15, 0.2) is 21.2 Å². The molecular weight excluding hydrogens is 213 g/mol. The standard InChI is InChI=1S/C8H3Cl2NO2/c1-3-4(2-11)8(13)6(10)5(9)7(3)12/h1H3. The Kier molecular flexibility index (Phi) is 2.55. The maximum Gasteiger partial charge on any atom is 0.216 e. The van der Waals surface area contributed by atoms with Crippen LogP contribution in [0.3, 0.4) is 0 Å². The van der Waals surface area contributed by atoms with Crippen molar-refractivity contribution in [1.29, 1.82) is 5.26 Å². The molecule has 1 aliphatic carbocycles. The fourth-order valence-corrected chi connectivity index (χ4v) is 1.30. The molecule has 1 rings (SSSR count). The van der Waals surface area contributed by atoms with E-state index in [1.165, 1.54) is 6.92 Å². The molecule has 5 heteroatoms. The summed E-state index contributed by atoms with van der Waals surface area (Å²) in [6.07, 6.45) is 0. The number of hydrogen-bond donors (Lipinski definition) is 0. The van der Waals surface area contributed by atoms with Gasteiger partial charge in [-0.1, -0.05) is 23.2 Å². The topological polar surface area (TPSA) is 57.9 Å². The first-order valence-corrected chi connectivity index (χ1v) is 4.02. The minimum absolute atomic E-state index is 0.0434. The van der Waals surface area contributed by atoms with Crippen LogP contribution in [0.1, 0.15) is 6.92 Å². The lowest BCUT2D eigenvalue weighted by Gasteiger charge is -2.10. The van der Waals surface area contributed by atoms with Gasteiger partial charge < -0.3 is 0 Å². The van der Waals surface area contributed by atoms with E-state index in [4.69, 9.17) is 28.5 Å². The van der Waals surface area contributed by atoms with Crippen molar-refractivity contribution in [3.8, 4) is 6.07 Å². The summed E-state index contributed by atoms with van der Waals surface area (Å²) in [5, 5.41) is 7.85. The van der Waals surface area contributed by atoms with Crippen LogP contribution in [0.2, 0.25) is 0 Å². The zero-order chi connectivity index (χ0) is 10.2. The van der Waals surface area contributed by atoms with E-state index >= 15 is 0 Å². The lowest BCUT2D eigenvalue weighted by molar-refractivity contribution is -0.115. The Hall–Kier alpha value is -1.11. The molecule has 0 aromatic heterocycles. The van der Waals surface area contributed by atoms with E-state index in [1.807, 2.05) is 0 Å². The van der Waals surface area contributed by atoms with E-state index < -0.39 is 11.6 Å². The lowest BCUT2D eigenvalue weighted by atomic mass is 9.97. The predicted octanol–water partition coefficient (Wildman–Crippen LogP) is 1.67. The smallest absolute Gasteiger partial charge is 0.216 e. The molecule has 0 amide bonds. The van der Waals surface area contributed by atoms with E-state index in [-0.39, 0.29) is 21.2 Å². The molecule has 0 radical (unpaired) electrons. The zero-order valence-electron chi connectivity index (χ0n) is 6.52. The Labute approximate surface area is 84.2 Å². The molecule has 0 saturated carbocycles. The van der Waals surface area contributed by atoms with E-state index in [2.05, 4.69) is 0 Å². The van der Waals surface area contributed by atoms with E-state index in [1.54, 1.807) is 6.07 Å². The average Bonchev–Trinajstić information content (AvgIpc) is 2.13. The maximum absolute atomic E-state index is 11.2. The molecule has 66 valence electrons. The maximum atomic E-state index is 11.2. The third kappa shape index (κ3) is 1.39. The summed E-state index contributed by atoms with van der Waals surface area (Å²) in [6, 6.07) is 1.62. The highest BCUT2D eigenvalue weighted by atomic mass is 35.5. The minimum Gasteiger partial charge on any atom is -0.288 e. The van der Waals surface area contributed by atoms with Gasteiger partial charge in [-0.25, -0.2) is 0 Å². The molecule has 0 saturated heterocycles. The number of rotatable bonds is 0. The number of hydrogen-bond acceptors (Lipinski definition) is 3. The van der Waals surface area contributed by atoms with Crippen molar-refractivity contribution in [2.45, 2.75) is 6.92 Å². The molecular formula is C8H3Cl2NO2. The Balaban J connectivity index is 3.40. The summed E-state index contributed by atoms with van der Waals surface area (Å²) in [5.74, 6) is -1.26. The summed E-state index contributed by atoms with van der Waals surface area (Å²) in [4.78, 5) is 22.4. The van der Waals surface area contributed by atoms with Gasteiger partial charge in [0.25, 0.3) is 0 Å². The van der Waals surface area contributed by atoms with Gasteiger partial charge >= 0.3 is 0 Å². The van der Waals surface area contributed by atoms with Crippen LogP contribution < -0.4 is 0 Å². The number of nitriles is 1. The average molecular weight is 216 g/mol. The number of Topliss-reactive ketones (excluding diaryl/α,β-unsaturated/α-hetero) is 2. The minimum atomic E-state index is -0.689. The van der Waals surface area contributed by atoms with E-state index in [0.717, 1.165) is 0 Å². The normalized spacial score (nSPS) is 18.0. The second-order valence-corrected chi connectivity index (χ2v) is 3.15. The van der Waals surface area contributed by atoms with Crippen molar-refractivity contribution in [1.82, 2.24) is 0 Å². The van der Waals surface area contributed by atoms with Gasteiger partial charge in [-0.05, 0) is 6.92 Å². The quantitative estimate of drug-likeness (QED) is 0.578. The molecule has 0 aliphatic heterocycles. The number of halogens is 2. The summed E-state index contributed by atoms with van der Waals surface area (Å²) in [5.41, 5.74) is -0.193. The van der Waals surface area contributed by atoms with E-state index in [0.29, 0.717) is 0 Å². The van der Waals surface area contributed by atoms with Crippen molar-refractivity contribution in [2.24, 2.45) is 0 Å². The molecule has 0 aromatic rings. The third-order valence-electron chi connectivity index (χ3n) is 1.65. The van der Waals surface area contributed by atoms with Crippen molar-refractivity contribution in [3.05, 3.63) is 21.2 Å². The van der Waals surface area contributed by atoms with Gasteiger partial charge in [0.2, 0.25) is 11.6 Å². The Morgan fingerprint density at radius 3 is 2.08 bits per heavy atom. The van der Waals surface area contributed by atoms with Gasteiger partial charge in [-0.2, -0.15) is 5.26 Å². The molecule has 0 bridgehead atoms. The monoisotopic (exact) mass is 215 g/mol. The molecule has 0 heterocycles. The van der Waals surface area contributed by atoms with Gasteiger partial charge in [-0.3, -0.25) is 9.59 Å². The van der Waals surface area contributed by atoms with Gasteiger partial charge in [0.1, 0.15) is 21.7 Å². The summed E-state index contributed by atoms with van der Waals surface area (Å²) >= 11 is 10.9. The molecule has 0 unspecified atom stereocenters. The number of carbonyl (C=O) groups excluding carboxylic acids is 2. The second kappa shape index (κ2) is 3.33. The molecule has 13 heavy (non-hydrogen) atoms.